The Kier molecular flexibility index (Phi) is 9.81. The summed E-state index contributed by atoms with van der Waals surface area (Å²) in [5.74, 6) is 0.861. The number of nitrogens with zero attached hydrogens (tertiary/aromatic N) is 2. The maximum atomic E-state index is 14.3. The van der Waals surface area contributed by atoms with Crippen LogP contribution in [0, 0.1) is 5.95 Å². The van der Waals surface area contributed by atoms with E-state index in [2.05, 4.69) is 23.8 Å². The van der Waals surface area contributed by atoms with Gasteiger partial charge < -0.3 is 4.74 Å². The minimum absolute atomic E-state index is 0.395. The Morgan fingerprint density at radius 2 is 1.52 bits per heavy atom. The van der Waals surface area contributed by atoms with Crippen molar-refractivity contribution in [1.82, 2.24) is 9.97 Å². The first-order chi connectivity index (χ1) is 13.2. The van der Waals surface area contributed by atoms with Crippen molar-refractivity contribution in [1.29, 1.82) is 0 Å². The Balaban J connectivity index is 1.85. The summed E-state index contributed by atoms with van der Waals surface area (Å²) in [5, 5.41) is 0. The smallest absolute Gasteiger partial charge is 0.219 e. The van der Waals surface area contributed by atoms with Crippen molar-refractivity contribution in [2.45, 2.75) is 78.1 Å². The molecule has 0 aliphatic heterocycles. The van der Waals surface area contributed by atoms with Crippen molar-refractivity contribution in [3.05, 3.63) is 42.0 Å². The minimum Gasteiger partial charge on any atom is -0.494 e. The SMILES string of the molecule is CCCCCCCCc1cnc(-c2ccc(OCCCCC)cc2)nc1F. The van der Waals surface area contributed by atoms with E-state index < -0.39 is 5.95 Å². The summed E-state index contributed by atoms with van der Waals surface area (Å²) in [6.45, 7) is 5.11. The number of unbranched alkanes of at least 4 members (excludes halogenated alkanes) is 7. The fraction of sp³-hybridized carbons (Fsp3) is 0.565. The molecule has 0 fully saturated rings. The lowest BCUT2D eigenvalue weighted by molar-refractivity contribution is 0.306. The molecule has 0 amide bonds. The predicted octanol–water partition coefficient (Wildman–Crippen LogP) is 6.75. The quantitative estimate of drug-likeness (QED) is 0.288. The van der Waals surface area contributed by atoms with Gasteiger partial charge in [0.1, 0.15) is 5.75 Å². The lowest BCUT2D eigenvalue weighted by Gasteiger charge is -2.07. The Morgan fingerprint density at radius 3 is 2.22 bits per heavy atom. The summed E-state index contributed by atoms with van der Waals surface area (Å²) in [6, 6.07) is 7.56. The third kappa shape index (κ3) is 7.66. The molecule has 2 aromatic rings. The predicted molar refractivity (Wildman–Crippen MR) is 110 cm³/mol. The van der Waals surface area contributed by atoms with Gasteiger partial charge in [0.05, 0.1) is 6.61 Å². The highest BCUT2D eigenvalue weighted by Crippen LogP contribution is 2.21. The topological polar surface area (TPSA) is 35.0 Å². The van der Waals surface area contributed by atoms with Gasteiger partial charge in [-0.2, -0.15) is 9.37 Å². The molecule has 0 aliphatic rings. The van der Waals surface area contributed by atoms with E-state index >= 15 is 0 Å². The molecule has 0 aliphatic carbocycles. The Hall–Kier alpha value is -1.97. The van der Waals surface area contributed by atoms with Gasteiger partial charge in [-0.3, -0.25) is 0 Å². The average Bonchev–Trinajstić information content (AvgIpc) is 2.69. The van der Waals surface area contributed by atoms with Gasteiger partial charge in [-0.25, -0.2) is 4.98 Å². The number of aromatic nitrogens is 2. The van der Waals surface area contributed by atoms with Crippen LogP contribution in [-0.4, -0.2) is 16.6 Å². The van der Waals surface area contributed by atoms with Crippen molar-refractivity contribution in [2.24, 2.45) is 0 Å². The molecule has 2 rings (SSSR count). The van der Waals surface area contributed by atoms with Crippen LogP contribution < -0.4 is 4.74 Å². The zero-order valence-corrected chi connectivity index (χ0v) is 16.8. The molecular weight excluding hydrogens is 339 g/mol. The van der Waals surface area contributed by atoms with Crippen molar-refractivity contribution < 1.29 is 9.13 Å². The molecule has 0 unspecified atom stereocenters. The standard InChI is InChI=1S/C23H33FN2O/c1-3-5-7-8-9-10-12-20-18-25-23(26-22(20)24)19-13-15-21(16-14-19)27-17-11-6-4-2/h13-16,18H,3-12,17H2,1-2H3. The second-order valence-corrected chi connectivity index (χ2v) is 7.11. The summed E-state index contributed by atoms with van der Waals surface area (Å²) < 4.78 is 20.0. The first-order valence-electron chi connectivity index (χ1n) is 10.5. The third-order valence-corrected chi connectivity index (χ3v) is 4.74. The molecule has 0 saturated carbocycles. The van der Waals surface area contributed by atoms with E-state index in [0.29, 0.717) is 17.8 Å². The maximum Gasteiger partial charge on any atom is 0.219 e. The maximum absolute atomic E-state index is 14.3. The van der Waals surface area contributed by atoms with Gasteiger partial charge in [0.2, 0.25) is 5.95 Å². The highest BCUT2D eigenvalue weighted by Gasteiger charge is 2.09. The molecule has 1 aromatic heterocycles. The number of benzene rings is 1. The van der Waals surface area contributed by atoms with Gasteiger partial charge in [-0.05, 0) is 43.5 Å². The van der Waals surface area contributed by atoms with E-state index in [4.69, 9.17) is 4.74 Å². The second-order valence-electron chi connectivity index (χ2n) is 7.11. The van der Waals surface area contributed by atoms with Crippen LogP contribution >= 0.6 is 0 Å². The molecule has 0 saturated heterocycles. The average molecular weight is 373 g/mol. The number of aryl methyl sites for hydroxylation is 1. The van der Waals surface area contributed by atoms with E-state index in [0.717, 1.165) is 37.2 Å². The zero-order chi connectivity index (χ0) is 19.3. The first-order valence-corrected chi connectivity index (χ1v) is 10.5. The summed E-state index contributed by atoms with van der Waals surface area (Å²) in [7, 11) is 0. The van der Waals surface area contributed by atoms with Gasteiger partial charge in [-0.1, -0.05) is 58.8 Å². The molecule has 0 radical (unpaired) electrons. The van der Waals surface area contributed by atoms with Gasteiger partial charge in [0.15, 0.2) is 5.82 Å². The molecular formula is C23H33FN2O. The Morgan fingerprint density at radius 1 is 0.852 bits per heavy atom. The molecule has 148 valence electrons. The van der Waals surface area contributed by atoms with E-state index in [1.807, 2.05) is 24.3 Å². The summed E-state index contributed by atoms with van der Waals surface area (Å²) >= 11 is 0. The largest absolute Gasteiger partial charge is 0.494 e. The van der Waals surface area contributed by atoms with Crippen molar-refractivity contribution in [2.75, 3.05) is 6.61 Å². The minimum atomic E-state index is -0.395. The molecule has 0 atom stereocenters. The van der Waals surface area contributed by atoms with Crippen LogP contribution in [-0.2, 0) is 6.42 Å². The number of hydrogen-bond donors (Lipinski definition) is 0. The highest BCUT2D eigenvalue weighted by atomic mass is 19.1. The van der Waals surface area contributed by atoms with E-state index in [1.54, 1.807) is 6.20 Å². The van der Waals surface area contributed by atoms with Crippen LogP contribution in [0.25, 0.3) is 11.4 Å². The molecule has 0 bridgehead atoms. The summed E-state index contributed by atoms with van der Waals surface area (Å²) in [5.41, 5.74) is 1.42. The number of ether oxygens (including phenoxy) is 1. The first kappa shape index (κ1) is 21.3. The molecule has 27 heavy (non-hydrogen) atoms. The van der Waals surface area contributed by atoms with Crippen LogP contribution in [0.4, 0.5) is 4.39 Å². The normalized spacial score (nSPS) is 10.9. The van der Waals surface area contributed by atoms with E-state index in [9.17, 15) is 4.39 Å². The van der Waals surface area contributed by atoms with E-state index in [-0.39, 0.29) is 0 Å². The van der Waals surface area contributed by atoms with Crippen LogP contribution in [0.1, 0.15) is 77.2 Å². The molecule has 3 nitrogen and oxygen atoms in total. The number of rotatable bonds is 13. The monoisotopic (exact) mass is 372 g/mol. The molecule has 1 aromatic carbocycles. The Labute approximate surface area is 163 Å². The lowest BCUT2D eigenvalue weighted by atomic mass is 10.1. The van der Waals surface area contributed by atoms with Crippen LogP contribution in [0.3, 0.4) is 0 Å². The van der Waals surface area contributed by atoms with Gasteiger partial charge in [0.25, 0.3) is 0 Å². The summed E-state index contributed by atoms with van der Waals surface area (Å²) in [6.07, 6.45) is 12.9. The van der Waals surface area contributed by atoms with Gasteiger partial charge in [0, 0.05) is 17.3 Å². The molecule has 1 heterocycles. The fourth-order valence-corrected chi connectivity index (χ4v) is 3.03. The van der Waals surface area contributed by atoms with Crippen LogP contribution in [0.5, 0.6) is 5.75 Å². The fourth-order valence-electron chi connectivity index (χ4n) is 3.03. The van der Waals surface area contributed by atoms with Crippen LogP contribution in [0.15, 0.2) is 30.5 Å². The molecule has 4 heteroatoms. The zero-order valence-electron chi connectivity index (χ0n) is 16.8. The second kappa shape index (κ2) is 12.4. The molecule has 0 N–H and O–H groups in total. The summed E-state index contributed by atoms with van der Waals surface area (Å²) in [4.78, 5) is 8.43. The number of hydrogen-bond acceptors (Lipinski definition) is 3. The third-order valence-electron chi connectivity index (χ3n) is 4.74. The van der Waals surface area contributed by atoms with Crippen molar-refractivity contribution in [3.8, 4) is 17.1 Å². The van der Waals surface area contributed by atoms with Crippen molar-refractivity contribution >= 4 is 0 Å². The number of halogens is 1. The van der Waals surface area contributed by atoms with Crippen molar-refractivity contribution in [3.63, 3.8) is 0 Å². The van der Waals surface area contributed by atoms with Gasteiger partial charge >= 0.3 is 0 Å². The molecule has 0 spiro atoms. The Bertz CT molecular complexity index is 658. The lowest BCUT2D eigenvalue weighted by Crippen LogP contribution is -2.00. The highest BCUT2D eigenvalue weighted by molar-refractivity contribution is 5.56. The van der Waals surface area contributed by atoms with Crippen LogP contribution in [0.2, 0.25) is 0 Å². The van der Waals surface area contributed by atoms with E-state index in [1.165, 1.54) is 38.5 Å². The van der Waals surface area contributed by atoms with Gasteiger partial charge in [-0.15, -0.1) is 0 Å².